The molecule has 0 atom stereocenters. The van der Waals surface area contributed by atoms with Gasteiger partial charge in [-0.25, -0.2) is 4.98 Å². The lowest BCUT2D eigenvalue weighted by Gasteiger charge is -2.23. The first-order chi connectivity index (χ1) is 9.03. The molecule has 1 aromatic heterocycles. The number of amides is 1. The summed E-state index contributed by atoms with van der Waals surface area (Å²) in [5.74, 6) is 0.610. The van der Waals surface area contributed by atoms with Crippen molar-refractivity contribution in [3.8, 4) is 5.75 Å². The number of nitrogens with one attached hydrogen (secondary N) is 1. The van der Waals surface area contributed by atoms with Crippen molar-refractivity contribution in [3.05, 3.63) is 46.4 Å². The molecule has 1 aromatic carbocycles. The minimum absolute atomic E-state index is 0.122. The van der Waals surface area contributed by atoms with Gasteiger partial charge in [-0.1, -0.05) is 0 Å². The van der Waals surface area contributed by atoms with Gasteiger partial charge in [0.15, 0.2) is 0 Å². The van der Waals surface area contributed by atoms with Gasteiger partial charge in [0.2, 0.25) is 0 Å². The summed E-state index contributed by atoms with van der Waals surface area (Å²) in [4.78, 5) is 16.4. The fourth-order valence-corrected chi connectivity index (χ4v) is 2.40. The minimum Gasteiger partial charge on any atom is -0.497 e. The molecule has 2 aromatic rings. The lowest BCUT2D eigenvalue weighted by atomic mass is 10.1. The maximum absolute atomic E-state index is 12.2. The zero-order chi connectivity index (χ0) is 13.9. The number of nitrogens with zero attached hydrogens (tertiary/aromatic N) is 1. The first kappa shape index (κ1) is 13.5. The summed E-state index contributed by atoms with van der Waals surface area (Å²) in [7, 11) is 1.60. The van der Waals surface area contributed by atoms with Crippen molar-refractivity contribution in [2.24, 2.45) is 0 Å². The predicted molar refractivity (Wildman–Crippen MR) is 75.6 cm³/mol. The second-order valence-electron chi connectivity index (χ2n) is 4.64. The van der Waals surface area contributed by atoms with E-state index < -0.39 is 5.54 Å². The molecule has 0 radical (unpaired) electrons. The van der Waals surface area contributed by atoms with Crippen molar-refractivity contribution in [1.29, 1.82) is 0 Å². The molecule has 0 saturated heterocycles. The Morgan fingerprint density at radius 1 is 1.32 bits per heavy atom. The first-order valence-corrected chi connectivity index (χ1v) is 6.77. The number of methoxy groups -OCH3 is 1. The largest absolute Gasteiger partial charge is 0.497 e. The molecule has 0 aliphatic rings. The van der Waals surface area contributed by atoms with Crippen molar-refractivity contribution in [2.75, 3.05) is 7.11 Å². The van der Waals surface area contributed by atoms with Crippen LogP contribution in [-0.4, -0.2) is 18.0 Å². The molecule has 0 saturated carbocycles. The van der Waals surface area contributed by atoms with Gasteiger partial charge in [0, 0.05) is 17.1 Å². The number of carbonyl (C=O) groups is 1. The van der Waals surface area contributed by atoms with Crippen LogP contribution >= 0.6 is 11.3 Å². The average Bonchev–Trinajstić information content (AvgIpc) is 2.93. The molecule has 0 bridgehead atoms. The summed E-state index contributed by atoms with van der Waals surface area (Å²) in [6, 6.07) is 7.02. The van der Waals surface area contributed by atoms with E-state index in [-0.39, 0.29) is 5.91 Å². The number of rotatable bonds is 4. The Bertz CT molecular complexity index is 547. The van der Waals surface area contributed by atoms with Crippen LogP contribution in [0.2, 0.25) is 0 Å². The molecule has 0 aliphatic carbocycles. The summed E-state index contributed by atoms with van der Waals surface area (Å²) >= 11 is 1.53. The van der Waals surface area contributed by atoms with Gasteiger partial charge in [-0.2, -0.15) is 0 Å². The maximum Gasteiger partial charge on any atom is 0.252 e. The Kier molecular flexibility index (Phi) is 3.85. The van der Waals surface area contributed by atoms with Crippen LogP contribution in [-0.2, 0) is 5.54 Å². The number of carbonyl (C=O) groups excluding carboxylic acids is 1. The lowest BCUT2D eigenvalue weighted by Crippen LogP contribution is -2.40. The zero-order valence-corrected chi connectivity index (χ0v) is 12.0. The number of hydrogen-bond donors (Lipinski definition) is 1. The molecule has 4 nitrogen and oxygen atoms in total. The number of hydrogen-bond acceptors (Lipinski definition) is 4. The predicted octanol–water partition coefficient (Wildman–Crippen LogP) is 2.82. The van der Waals surface area contributed by atoms with E-state index in [4.69, 9.17) is 4.74 Å². The SMILES string of the molecule is COc1ccc(C(=O)NC(C)(C)c2nccs2)cc1. The number of ether oxygens (including phenoxy) is 1. The van der Waals surface area contributed by atoms with Crippen molar-refractivity contribution in [1.82, 2.24) is 10.3 Å². The molecule has 2 rings (SSSR count). The molecule has 1 heterocycles. The lowest BCUT2D eigenvalue weighted by molar-refractivity contribution is 0.0912. The summed E-state index contributed by atoms with van der Waals surface area (Å²) in [6.45, 7) is 3.88. The van der Waals surface area contributed by atoms with Gasteiger partial charge in [-0.15, -0.1) is 11.3 Å². The molecule has 1 amide bonds. The van der Waals surface area contributed by atoms with Crippen LogP contribution in [0.4, 0.5) is 0 Å². The highest BCUT2D eigenvalue weighted by Gasteiger charge is 2.25. The fraction of sp³-hybridized carbons (Fsp3) is 0.286. The Morgan fingerprint density at radius 3 is 2.53 bits per heavy atom. The second-order valence-corrected chi connectivity index (χ2v) is 5.54. The van der Waals surface area contributed by atoms with Crippen LogP contribution < -0.4 is 10.1 Å². The number of thiazole rings is 1. The van der Waals surface area contributed by atoms with Gasteiger partial charge in [-0.05, 0) is 38.1 Å². The maximum atomic E-state index is 12.2. The molecular weight excluding hydrogens is 260 g/mol. The highest BCUT2D eigenvalue weighted by molar-refractivity contribution is 7.09. The zero-order valence-electron chi connectivity index (χ0n) is 11.1. The summed E-state index contributed by atoms with van der Waals surface area (Å²) in [5.41, 5.74) is 0.121. The summed E-state index contributed by atoms with van der Waals surface area (Å²) in [6.07, 6.45) is 1.74. The van der Waals surface area contributed by atoms with E-state index in [0.717, 1.165) is 10.8 Å². The Balaban J connectivity index is 2.12. The van der Waals surface area contributed by atoms with Crippen molar-refractivity contribution in [3.63, 3.8) is 0 Å². The molecule has 19 heavy (non-hydrogen) atoms. The van der Waals surface area contributed by atoms with E-state index in [0.29, 0.717) is 5.56 Å². The highest BCUT2D eigenvalue weighted by Crippen LogP contribution is 2.22. The first-order valence-electron chi connectivity index (χ1n) is 5.89. The van der Waals surface area contributed by atoms with Crippen molar-refractivity contribution < 1.29 is 9.53 Å². The molecule has 0 spiro atoms. The standard InChI is InChI=1S/C14H16N2O2S/c1-14(2,13-15-8-9-19-13)16-12(17)10-4-6-11(18-3)7-5-10/h4-9H,1-3H3,(H,16,17). The van der Waals surface area contributed by atoms with Crippen LogP contribution in [0.5, 0.6) is 5.75 Å². The van der Waals surface area contributed by atoms with E-state index in [2.05, 4.69) is 10.3 Å². The normalized spacial score (nSPS) is 11.1. The topological polar surface area (TPSA) is 51.2 Å². The van der Waals surface area contributed by atoms with E-state index in [1.54, 1.807) is 37.6 Å². The van der Waals surface area contributed by atoms with Gasteiger partial charge in [-0.3, -0.25) is 4.79 Å². The third-order valence-corrected chi connectivity index (χ3v) is 3.84. The smallest absolute Gasteiger partial charge is 0.252 e. The quantitative estimate of drug-likeness (QED) is 0.934. The molecule has 0 fully saturated rings. The Hall–Kier alpha value is -1.88. The molecular formula is C14H16N2O2S. The average molecular weight is 276 g/mol. The van der Waals surface area contributed by atoms with E-state index in [9.17, 15) is 4.79 Å². The third kappa shape index (κ3) is 3.12. The van der Waals surface area contributed by atoms with Gasteiger partial charge in [0.1, 0.15) is 10.8 Å². The van der Waals surface area contributed by atoms with Crippen molar-refractivity contribution in [2.45, 2.75) is 19.4 Å². The second kappa shape index (κ2) is 5.40. The van der Waals surface area contributed by atoms with E-state index in [1.165, 1.54) is 11.3 Å². The van der Waals surface area contributed by atoms with Crippen LogP contribution in [0, 0.1) is 0 Å². The van der Waals surface area contributed by atoms with Gasteiger partial charge < -0.3 is 10.1 Å². The molecule has 5 heteroatoms. The Labute approximate surface area is 116 Å². The summed E-state index contributed by atoms with van der Waals surface area (Å²) < 4.78 is 5.07. The van der Waals surface area contributed by atoms with Crippen molar-refractivity contribution >= 4 is 17.2 Å². The highest BCUT2D eigenvalue weighted by atomic mass is 32.1. The molecule has 1 N–H and O–H groups in total. The molecule has 100 valence electrons. The van der Waals surface area contributed by atoms with Gasteiger partial charge in [0.05, 0.1) is 12.6 Å². The number of aromatic nitrogens is 1. The van der Waals surface area contributed by atoms with Crippen LogP contribution in [0.1, 0.15) is 29.2 Å². The molecule has 0 unspecified atom stereocenters. The Morgan fingerprint density at radius 2 is 2.00 bits per heavy atom. The summed E-state index contributed by atoms with van der Waals surface area (Å²) in [5, 5.41) is 5.76. The monoisotopic (exact) mass is 276 g/mol. The minimum atomic E-state index is -0.481. The number of benzene rings is 1. The van der Waals surface area contributed by atoms with E-state index in [1.807, 2.05) is 19.2 Å². The van der Waals surface area contributed by atoms with Crippen LogP contribution in [0.25, 0.3) is 0 Å². The van der Waals surface area contributed by atoms with Gasteiger partial charge in [0.25, 0.3) is 5.91 Å². The third-order valence-electron chi connectivity index (χ3n) is 2.75. The van der Waals surface area contributed by atoms with Gasteiger partial charge >= 0.3 is 0 Å². The fourth-order valence-electron chi connectivity index (χ4n) is 1.68. The van der Waals surface area contributed by atoms with Crippen LogP contribution in [0.15, 0.2) is 35.8 Å². The van der Waals surface area contributed by atoms with E-state index >= 15 is 0 Å². The molecule has 0 aliphatic heterocycles. The van der Waals surface area contributed by atoms with Crippen LogP contribution in [0.3, 0.4) is 0 Å².